The zero-order chi connectivity index (χ0) is 22.9. The fraction of sp³-hybridized carbons (Fsp3) is 0.125. The predicted molar refractivity (Wildman–Crippen MR) is 122 cm³/mol. The molecule has 0 saturated heterocycles. The van der Waals surface area contributed by atoms with Gasteiger partial charge in [0.05, 0.1) is 32.1 Å². The van der Waals surface area contributed by atoms with Crippen molar-refractivity contribution < 1.29 is 19.0 Å². The first-order chi connectivity index (χ1) is 15.5. The zero-order valence-corrected chi connectivity index (χ0v) is 18.2. The molecule has 0 saturated carbocycles. The molecular formula is C24H20ClN3O4. The second-order valence-corrected chi connectivity index (χ2v) is 7.02. The maximum Gasteiger partial charge on any atom is 0.271 e. The van der Waals surface area contributed by atoms with E-state index in [1.807, 2.05) is 6.07 Å². The van der Waals surface area contributed by atoms with Crippen molar-refractivity contribution >= 4 is 23.7 Å². The highest BCUT2D eigenvalue weighted by Gasteiger charge is 2.10. The number of methoxy groups -OCH3 is 2. The van der Waals surface area contributed by atoms with Crippen LogP contribution in [0.4, 0.5) is 0 Å². The fourth-order valence-corrected chi connectivity index (χ4v) is 2.99. The second-order valence-electron chi connectivity index (χ2n) is 6.58. The van der Waals surface area contributed by atoms with Crippen LogP contribution in [-0.2, 0) is 6.61 Å². The van der Waals surface area contributed by atoms with E-state index >= 15 is 0 Å². The number of hydrogen-bond donors (Lipinski definition) is 1. The van der Waals surface area contributed by atoms with Crippen LogP contribution in [0.5, 0.6) is 17.2 Å². The van der Waals surface area contributed by atoms with Crippen molar-refractivity contribution in [2.24, 2.45) is 5.10 Å². The number of benzene rings is 3. The van der Waals surface area contributed by atoms with Crippen LogP contribution in [-0.4, -0.2) is 26.3 Å². The molecule has 0 radical (unpaired) electrons. The number of carbonyl (C=O) groups is 1. The first kappa shape index (κ1) is 22.7. The third-order valence-corrected chi connectivity index (χ3v) is 4.64. The summed E-state index contributed by atoms with van der Waals surface area (Å²) in [5.74, 6) is 1.07. The Labute approximate surface area is 190 Å². The monoisotopic (exact) mass is 449 g/mol. The lowest BCUT2D eigenvalue weighted by atomic mass is 10.1. The van der Waals surface area contributed by atoms with E-state index in [-0.39, 0.29) is 6.61 Å². The van der Waals surface area contributed by atoms with Gasteiger partial charge in [-0.3, -0.25) is 4.79 Å². The molecule has 0 fully saturated rings. The lowest BCUT2D eigenvalue weighted by molar-refractivity contribution is 0.0954. The van der Waals surface area contributed by atoms with Crippen molar-refractivity contribution in [3.8, 4) is 23.3 Å². The van der Waals surface area contributed by atoms with E-state index in [4.69, 9.17) is 31.1 Å². The third-order valence-electron chi connectivity index (χ3n) is 4.41. The van der Waals surface area contributed by atoms with Gasteiger partial charge in [-0.1, -0.05) is 23.7 Å². The van der Waals surface area contributed by atoms with Crippen LogP contribution >= 0.6 is 11.6 Å². The van der Waals surface area contributed by atoms with Gasteiger partial charge >= 0.3 is 0 Å². The number of amides is 1. The molecule has 32 heavy (non-hydrogen) atoms. The zero-order valence-electron chi connectivity index (χ0n) is 17.5. The minimum atomic E-state index is -0.434. The molecular weight excluding hydrogens is 430 g/mol. The van der Waals surface area contributed by atoms with Crippen molar-refractivity contribution in [1.29, 1.82) is 5.26 Å². The summed E-state index contributed by atoms with van der Waals surface area (Å²) in [6, 6.07) is 19.2. The number of nitrogens with zero attached hydrogens (tertiary/aromatic N) is 2. The van der Waals surface area contributed by atoms with Crippen LogP contribution in [0.1, 0.15) is 27.0 Å². The molecule has 0 atom stereocenters. The number of ether oxygens (including phenoxy) is 3. The molecule has 3 rings (SSSR count). The molecule has 3 aromatic carbocycles. The highest BCUT2D eigenvalue weighted by atomic mass is 35.5. The highest BCUT2D eigenvalue weighted by Crippen LogP contribution is 2.24. The average Bonchev–Trinajstić information content (AvgIpc) is 2.83. The molecule has 0 unspecified atom stereocenters. The number of rotatable bonds is 8. The normalized spacial score (nSPS) is 10.4. The maximum absolute atomic E-state index is 12.5. The minimum absolute atomic E-state index is 0.258. The summed E-state index contributed by atoms with van der Waals surface area (Å²) in [6.45, 7) is 0.258. The molecule has 0 heterocycles. The van der Waals surface area contributed by atoms with Crippen LogP contribution in [0.2, 0.25) is 5.02 Å². The lowest BCUT2D eigenvalue weighted by Crippen LogP contribution is -2.17. The van der Waals surface area contributed by atoms with Crippen molar-refractivity contribution in [3.63, 3.8) is 0 Å². The van der Waals surface area contributed by atoms with Gasteiger partial charge < -0.3 is 14.2 Å². The van der Waals surface area contributed by atoms with E-state index < -0.39 is 5.91 Å². The molecule has 1 amide bonds. The van der Waals surface area contributed by atoms with E-state index in [9.17, 15) is 4.79 Å². The fourth-order valence-electron chi connectivity index (χ4n) is 2.81. The van der Waals surface area contributed by atoms with Crippen LogP contribution in [0.25, 0.3) is 0 Å². The van der Waals surface area contributed by atoms with Gasteiger partial charge in [0.25, 0.3) is 5.91 Å². The summed E-state index contributed by atoms with van der Waals surface area (Å²) >= 11 is 6.11. The molecule has 0 bridgehead atoms. The first-order valence-corrected chi connectivity index (χ1v) is 9.88. The van der Waals surface area contributed by atoms with Crippen molar-refractivity contribution in [2.45, 2.75) is 6.61 Å². The van der Waals surface area contributed by atoms with Gasteiger partial charge in [0.15, 0.2) is 0 Å². The molecule has 0 aromatic heterocycles. The van der Waals surface area contributed by atoms with E-state index in [0.29, 0.717) is 39.0 Å². The summed E-state index contributed by atoms with van der Waals surface area (Å²) in [4.78, 5) is 12.5. The number of carbonyl (C=O) groups excluding carboxylic acids is 1. The first-order valence-electron chi connectivity index (χ1n) is 9.50. The van der Waals surface area contributed by atoms with E-state index in [1.165, 1.54) is 20.4 Å². The summed E-state index contributed by atoms with van der Waals surface area (Å²) in [6.07, 6.45) is 1.45. The smallest absolute Gasteiger partial charge is 0.271 e. The van der Waals surface area contributed by atoms with Crippen LogP contribution in [0.15, 0.2) is 65.8 Å². The number of hydrogen-bond acceptors (Lipinski definition) is 6. The predicted octanol–water partition coefficient (Wildman–Crippen LogP) is 4.57. The van der Waals surface area contributed by atoms with Crippen LogP contribution in [0, 0.1) is 11.3 Å². The van der Waals surface area contributed by atoms with Gasteiger partial charge in [-0.05, 0) is 48.0 Å². The maximum atomic E-state index is 12.5. The molecule has 0 aliphatic carbocycles. The van der Waals surface area contributed by atoms with E-state index in [2.05, 4.69) is 16.6 Å². The highest BCUT2D eigenvalue weighted by molar-refractivity contribution is 6.30. The van der Waals surface area contributed by atoms with Gasteiger partial charge in [0.2, 0.25) is 0 Å². The Bertz CT molecular complexity index is 1170. The Balaban J connectivity index is 1.72. The second kappa shape index (κ2) is 10.8. The van der Waals surface area contributed by atoms with Crippen molar-refractivity contribution in [2.75, 3.05) is 14.2 Å². The molecule has 1 N–H and O–H groups in total. The molecule has 3 aromatic rings. The van der Waals surface area contributed by atoms with Gasteiger partial charge in [-0.25, -0.2) is 5.43 Å². The Morgan fingerprint density at radius 3 is 2.53 bits per heavy atom. The van der Waals surface area contributed by atoms with E-state index in [1.54, 1.807) is 54.6 Å². The Morgan fingerprint density at radius 2 is 1.84 bits per heavy atom. The largest absolute Gasteiger partial charge is 0.497 e. The summed E-state index contributed by atoms with van der Waals surface area (Å²) in [5.41, 5.74) is 4.79. The SMILES string of the molecule is COc1cc(OC)cc(C(=O)N/N=C\c2cc(Cl)ccc2OCc2cccc(C#N)c2)c1. The number of nitrogens with one attached hydrogen (secondary N) is 1. The molecule has 7 nitrogen and oxygen atoms in total. The van der Waals surface area contributed by atoms with Crippen LogP contribution in [0.3, 0.4) is 0 Å². The minimum Gasteiger partial charge on any atom is -0.497 e. The Hall–Kier alpha value is -4.02. The lowest BCUT2D eigenvalue weighted by Gasteiger charge is -2.10. The number of nitriles is 1. The summed E-state index contributed by atoms with van der Waals surface area (Å²) < 4.78 is 16.2. The van der Waals surface area contributed by atoms with Crippen molar-refractivity contribution in [1.82, 2.24) is 5.43 Å². The quantitative estimate of drug-likeness (QED) is 0.401. The summed E-state index contributed by atoms with van der Waals surface area (Å²) in [5, 5.41) is 13.6. The molecule has 0 aliphatic rings. The molecule has 0 spiro atoms. The van der Waals surface area contributed by atoms with Gasteiger partial charge in [-0.15, -0.1) is 0 Å². The topological polar surface area (TPSA) is 92.9 Å². The van der Waals surface area contributed by atoms with Crippen LogP contribution < -0.4 is 19.6 Å². The molecule has 162 valence electrons. The Morgan fingerprint density at radius 1 is 1.09 bits per heavy atom. The number of hydrazone groups is 1. The third kappa shape index (κ3) is 6.00. The average molecular weight is 450 g/mol. The van der Waals surface area contributed by atoms with Gasteiger partial charge in [0.1, 0.15) is 23.9 Å². The van der Waals surface area contributed by atoms with E-state index in [0.717, 1.165) is 5.56 Å². The molecule has 8 heteroatoms. The standard InChI is InChI=1S/C24H20ClN3O4/c1-30-21-10-18(11-22(12-21)31-2)24(29)28-27-14-19-9-20(25)6-7-23(19)32-15-17-5-3-4-16(8-17)13-26/h3-12,14H,15H2,1-2H3,(H,28,29)/b27-14-. The van der Waals surface area contributed by atoms with Gasteiger partial charge in [0, 0.05) is 22.2 Å². The van der Waals surface area contributed by atoms with Gasteiger partial charge in [-0.2, -0.15) is 10.4 Å². The number of halogens is 1. The van der Waals surface area contributed by atoms with Crippen molar-refractivity contribution in [3.05, 3.63) is 87.9 Å². The molecule has 0 aliphatic heterocycles. The Kier molecular flexibility index (Phi) is 7.68. The summed E-state index contributed by atoms with van der Waals surface area (Å²) in [7, 11) is 3.01.